The number of carboxylic acid groups (broad SMARTS) is 1. The van der Waals surface area contributed by atoms with Crippen LogP contribution in [0.25, 0.3) is 5.52 Å². The smallest absolute Gasteiger partial charge is 0.339 e. The van der Waals surface area contributed by atoms with Gasteiger partial charge in [-0.25, -0.2) is 9.31 Å². The summed E-state index contributed by atoms with van der Waals surface area (Å²) < 4.78 is 7.07. The first-order chi connectivity index (χ1) is 8.08. The van der Waals surface area contributed by atoms with Gasteiger partial charge in [-0.15, -0.1) is 0 Å². The maximum absolute atomic E-state index is 11.0. The van der Waals surface area contributed by atoms with Crippen LogP contribution in [0.15, 0.2) is 24.5 Å². The molecular weight excluding hydrogens is 220 g/mol. The van der Waals surface area contributed by atoms with Crippen molar-refractivity contribution in [2.45, 2.75) is 13.8 Å². The Hall–Kier alpha value is -2.04. The number of carboxylic acids is 1. The molecular formula is C12H14N2O3. The minimum atomic E-state index is -0.985. The van der Waals surface area contributed by atoms with Crippen molar-refractivity contribution in [1.82, 2.24) is 9.61 Å². The summed E-state index contributed by atoms with van der Waals surface area (Å²) in [6, 6.07) is 3.47. The highest BCUT2D eigenvalue weighted by atomic mass is 16.5. The summed E-state index contributed by atoms with van der Waals surface area (Å²) in [7, 11) is 0. The molecule has 0 saturated carbocycles. The van der Waals surface area contributed by atoms with E-state index in [1.807, 2.05) is 0 Å². The van der Waals surface area contributed by atoms with E-state index in [2.05, 4.69) is 18.9 Å². The van der Waals surface area contributed by atoms with Crippen LogP contribution in [0, 0.1) is 5.92 Å². The number of fused-ring (bicyclic) bond motifs is 1. The monoisotopic (exact) mass is 234 g/mol. The molecule has 0 saturated heterocycles. The first kappa shape index (κ1) is 11.4. The lowest BCUT2D eigenvalue weighted by Gasteiger charge is -2.08. The molecule has 0 spiro atoms. The molecule has 2 aromatic heterocycles. The van der Waals surface area contributed by atoms with Gasteiger partial charge in [0.1, 0.15) is 11.3 Å². The van der Waals surface area contributed by atoms with Crippen molar-refractivity contribution in [3.05, 3.63) is 30.1 Å². The third-order valence-electron chi connectivity index (χ3n) is 2.31. The second-order valence-corrected chi connectivity index (χ2v) is 4.26. The highest BCUT2D eigenvalue weighted by Crippen LogP contribution is 2.18. The highest BCUT2D eigenvalue weighted by molar-refractivity contribution is 5.95. The van der Waals surface area contributed by atoms with Crippen LogP contribution in [0.3, 0.4) is 0 Å². The predicted molar refractivity (Wildman–Crippen MR) is 62.5 cm³/mol. The number of rotatable bonds is 4. The van der Waals surface area contributed by atoms with Gasteiger partial charge in [0, 0.05) is 12.3 Å². The van der Waals surface area contributed by atoms with Gasteiger partial charge in [-0.3, -0.25) is 0 Å². The van der Waals surface area contributed by atoms with Crippen molar-refractivity contribution < 1.29 is 14.6 Å². The molecule has 2 heterocycles. The number of aromatic nitrogens is 2. The van der Waals surface area contributed by atoms with E-state index in [0.29, 0.717) is 23.8 Å². The fraction of sp³-hybridized carbons (Fsp3) is 0.333. The zero-order valence-corrected chi connectivity index (χ0v) is 9.75. The molecule has 0 unspecified atom stereocenters. The van der Waals surface area contributed by atoms with Crippen molar-refractivity contribution in [2.75, 3.05) is 6.61 Å². The van der Waals surface area contributed by atoms with Crippen LogP contribution in [-0.2, 0) is 0 Å². The summed E-state index contributed by atoms with van der Waals surface area (Å²) in [5.41, 5.74) is 0.721. The van der Waals surface area contributed by atoms with Crippen molar-refractivity contribution in [1.29, 1.82) is 0 Å². The lowest BCUT2D eigenvalue weighted by Crippen LogP contribution is -2.05. The van der Waals surface area contributed by atoms with Gasteiger partial charge in [-0.05, 0) is 12.0 Å². The van der Waals surface area contributed by atoms with Gasteiger partial charge in [0.05, 0.1) is 18.3 Å². The topological polar surface area (TPSA) is 63.8 Å². The number of hydrogen-bond donors (Lipinski definition) is 1. The van der Waals surface area contributed by atoms with Gasteiger partial charge in [0.25, 0.3) is 0 Å². The molecule has 0 radical (unpaired) electrons. The number of nitrogens with zero attached hydrogens (tertiary/aromatic N) is 2. The summed E-state index contributed by atoms with van der Waals surface area (Å²) in [4.78, 5) is 11.0. The zero-order valence-electron chi connectivity index (χ0n) is 9.75. The Morgan fingerprint density at radius 3 is 3.00 bits per heavy atom. The van der Waals surface area contributed by atoms with E-state index >= 15 is 0 Å². The average molecular weight is 234 g/mol. The molecule has 90 valence electrons. The van der Waals surface area contributed by atoms with Crippen molar-refractivity contribution >= 4 is 11.5 Å². The Bertz CT molecular complexity index is 546. The molecule has 5 nitrogen and oxygen atoms in total. The second-order valence-electron chi connectivity index (χ2n) is 4.26. The van der Waals surface area contributed by atoms with Gasteiger partial charge in [0.2, 0.25) is 0 Å². The molecule has 0 bridgehead atoms. The van der Waals surface area contributed by atoms with E-state index in [0.717, 1.165) is 0 Å². The molecule has 0 aromatic carbocycles. The fourth-order valence-electron chi connectivity index (χ4n) is 1.48. The molecule has 0 amide bonds. The maximum atomic E-state index is 11.0. The minimum Gasteiger partial charge on any atom is -0.493 e. The number of pyridine rings is 1. The fourth-order valence-corrected chi connectivity index (χ4v) is 1.48. The molecule has 17 heavy (non-hydrogen) atoms. The Morgan fingerprint density at radius 2 is 2.35 bits per heavy atom. The van der Waals surface area contributed by atoms with Crippen LogP contribution >= 0.6 is 0 Å². The summed E-state index contributed by atoms with van der Waals surface area (Å²) in [5, 5.41) is 12.9. The summed E-state index contributed by atoms with van der Waals surface area (Å²) >= 11 is 0. The Morgan fingerprint density at radius 1 is 1.59 bits per heavy atom. The van der Waals surface area contributed by atoms with E-state index in [9.17, 15) is 4.79 Å². The summed E-state index contributed by atoms with van der Waals surface area (Å²) in [5.74, 6) is 0.102. The van der Waals surface area contributed by atoms with E-state index in [4.69, 9.17) is 9.84 Å². The lowest BCUT2D eigenvalue weighted by molar-refractivity contribution is 0.0699. The van der Waals surface area contributed by atoms with E-state index in [1.54, 1.807) is 18.3 Å². The Balaban J connectivity index is 2.34. The third-order valence-corrected chi connectivity index (χ3v) is 2.31. The first-order valence-electron chi connectivity index (χ1n) is 5.41. The molecule has 0 atom stereocenters. The summed E-state index contributed by atoms with van der Waals surface area (Å²) in [6.07, 6.45) is 3.03. The third kappa shape index (κ3) is 2.38. The SMILES string of the molecule is CC(C)COc1ccn2ncc(C(=O)O)c2c1. The van der Waals surface area contributed by atoms with Gasteiger partial charge >= 0.3 is 5.97 Å². The van der Waals surface area contributed by atoms with Crippen LogP contribution in [0.1, 0.15) is 24.2 Å². The normalized spacial score (nSPS) is 11.0. The van der Waals surface area contributed by atoms with Gasteiger partial charge in [0.15, 0.2) is 0 Å². The Kier molecular flexibility index (Phi) is 2.99. The predicted octanol–water partition coefficient (Wildman–Crippen LogP) is 2.07. The van der Waals surface area contributed by atoms with Gasteiger partial charge in [-0.2, -0.15) is 5.10 Å². The van der Waals surface area contributed by atoms with Crippen LogP contribution < -0.4 is 4.74 Å². The van der Waals surface area contributed by atoms with Gasteiger partial charge in [-0.1, -0.05) is 13.8 Å². The molecule has 0 aliphatic heterocycles. The Labute approximate surface area is 98.6 Å². The average Bonchev–Trinajstić information content (AvgIpc) is 2.69. The van der Waals surface area contributed by atoms with Crippen LogP contribution in [0.4, 0.5) is 0 Å². The second kappa shape index (κ2) is 4.45. The number of carbonyl (C=O) groups is 1. The van der Waals surface area contributed by atoms with E-state index in [-0.39, 0.29) is 5.56 Å². The highest BCUT2D eigenvalue weighted by Gasteiger charge is 2.11. The number of hydrogen-bond acceptors (Lipinski definition) is 3. The molecule has 0 aliphatic rings. The maximum Gasteiger partial charge on any atom is 0.339 e. The quantitative estimate of drug-likeness (QED) is 0.879. The van der Waals surface area contributed by atoms with Crippen molar-refractivity contribution in [3.8, 4) is 5.75 Å². The number of aromatic carboxylic acids is 1. The molecule has 5 heteroatoms. The van der Waals surface area contributed by atoms with E-state index in [1.165, 1.54) is 10.7 Å². The zero-order chi connectivity index (χ0) is 12.4. The van der Waals surface area contributed by atoms with E-state index < -0.39 is 5.97 Å². The molecule has 2 rings (SSSR count). The van der Waals surface area contributed by atoms with Crippen LogP contribution in [0.2, 0.25) is 0 Å². The molecule has 2 aromatic rings. The number of ether oxygens (including phenoxy) is 1. The van der Waals surface area contributed by atoms with Crippen LogP contribution in [-0.4, -0.2) is 27.3 Å². The first-order valence-corrected chi connectivity index (χ1v) is 5.41. The van der Waals surface area contributed by atoms with Crippen molar-refractivity contribution in [2.24, 2.45) is 5.92 Å². The van der Waals surface area contributed by atoms with Crippen LogP contribution in [0.5, 0.6) is 5.75 Å². The largest absolute Gasteiger partial charge is 0.493 e. The van der Waals surface area contributed by atoms with Crippen molar-refractivity contribution in [3.63, 3.8) is 0 Å². The minimum absolute atomic E-state index is 0.181. The molecule has 1 N–H and O–H groups in total. The standard InChI is InChI=1S/C12H14N2O3/c1-8(2)7-17-9-3-4-14-11(5-9)10(6-13-14)12(15)16/h3-6,8H,7H2,1-2H3,(H,15,16). The summed E-state index contributed by atoms with van der Waals surface area (Å²) in [6.45, 7) is 4.72. The lowest BCUT2D eigenvalue weighted by atomic mass is 10.2. The molecule has 0 aliphatic carbocycles. The van der Waals surface area contributed by atoms with Gasteiger partial charge < -0.3 is 9.84 Å². The molecule has 0 fully saturated rings.